The van der Waals surface area contributed by atoms with Crippen molar-refractivity contribution in [3.05, 3.63) is 39.3 Å². The van der Waals surface area contributed by atoms with Crippen molar-refractivity contribution >= 4 is 27.3 Å². The summed E-state index contributed by atoms with van der Waals surface area (Å²) in [6.45, 7) is 5.03. The molecule has 0 aliphatic carbocycles. The third-order valence-corrected chi connectivity index (χ3v) is 6.66. The summed E-state index contributed by atoms with van der Waals surface area (Å²) in [5, 5.41) is 1.90. The normalized spacial score (nSPS) is 15.2. The van der Waals surface area contributed by atoms with Gasteiger partial charge in [0, 0.05) is 35.9 Å². The van der Waals surface area contributed by atoms with Crippen molar-refractivity contribution < 1.29 is 13.2 Å². The second-order valence-electron chi connectivity index (χ2n) is 5.98. The van der Waals surface area contributed by atoms with E-state index in [0.717, 1.165) is 17.7 Å². The molecule has 1 aliphatic heterocycles. The van der Waals surface area contributed by atoms with Gasteiger partial charge in [-0.1, -0.05) is 6.07 Å². The van der Waals surface area contributed by atoms with Gasteiger partial charge in [0.25, 0.3) is 5.91 Å². The number of nitrogens with zero attached hydrogens (tertiary/aromatic N) is 1. The fourth-order valence-corrected chi connectivity index (χ4v) is 5.27. The Kier molecular flexibility index (Phi) is 4.80. The van der Waals surface area contributed by atoms with Crippen LogP contribution < -0.4 is 4.72 Å². The minimum Gasteiger partial charge on any atom is -0.361 e. The molecule has 0 unspecified atom stereocenters. The molecule has 0 saturated carbocycles. The van der Waals surface area contributed by atoms with Gasteiger partial charge >= 0.3 is 0 Å². The van der Waals surface area contributed by atoms with E-state index in [9.17, 15) is 13.2 Å². The monoisotopic (exact) mass is 367 g/mol. The van der Waals surface area contributed by atoms with Crippen molar-refractivity contribution in [2.45, 2.75) is 38.1 Å². The molecule has 0 aromatic carbocycles. The van der Waals surface area contributed by atoms with Crippen LogP contribution in [-0.4, -0.2) is 37.3 Å². The van der Waals surface area contributed by atoms with Crippen LogP contribution in [0.1, 0.15) is 39.5 Å². The van der Waals surface area contributed by atoms with E-state index in [1.807, 2.05) is 17.5 Å². The van der Waals surface area contributed by atoms with Gasteiger partial charge in [-0.25, -0.2) is 13.1 Å². The molecule has 24 heavy (non-hydrogen) atoms. The molecule has 0 radical (unpaired) electrons. The zero-order valence-corrected chi connectivity index (χ0v) is 15.4. The van der Waals surface area contributed by atoms with Crippen LogP contribution in [-0.2, 0) is 16.6 Å². The van der Waals surface area contributed by atoms with Crippen LogP contribution in [0.5, 0.6) is 0 Å². The number of rotatable bonds is 5. The maximum absolute atomic E-state index is 12.8. The van der Waals surface area contributed by atoms with Gasteiger partial charge in [0.05, 0.1) is 5.56 Å². The van der Waals surface area contributed by atoms with E-state index in [1.165, 1.54) is 11.3 Å². The number of H-pyrrole nitrogens is 1. The SMILES string of the molecule is Cc1[nH]c(C)c(S(=O)(=O)NCc2cccs2)c1C(=O)N1CCCC1. The van der Waals surface area contributed by atoms with Gasteiger partial charge in [-0.3, -0.25) is 4.79 Å². The Bertz CT molecular complexity index is 832. The minimum absolute atomic E-state index is 0.0773. The van der Waals surface area contributed by atoms with Crippen LogP contribution >= 0.6 is 11.3 Å². The van der Waals surface area contributed by atoms with Crippen LogP contribution in [0.2, 0.25) is 0 Å². The molecule has 1 amide bonds. The van der Waals surface area contributed by atoms with Gasteiger partial charge in [-0.2, -0.15) is 0 Å². The zero-order valence-electron chi connectivity index (χ0n) is 13.8. The van der Waals surface area contributed by atoms with E-state index in [2.05, 4.69) is 9.71 Å². The van der Waals surface area contributed by atoms with E-state index in [-0.39, 0.29) is 22.9 Å². The predicted molar refractivity (Wildman–Crippen MR) is 93.7 cm³/mol. The third-order valence-electron chi connectivity index (χ3n) is 4.21. The predicted octanol–water partition coefficient (Wildman–Crippen LogP) is 2.41. The zero-order chi connectivity index (χ0) is 17.3. The number of hydrogen-bond acceptors (Lipinski definition) is 4. The Morgan fingerprint density at radius 3 is 2.62 bits per heavy atom. The van der Waals surface area contributed by atoms with Crippen molar-refractivity contribution in [1.82, 2.24) is 14.6 Å². The summed E-state index contributed by atoms with van der Waals surface area (Å²) in [6.07, 6.45) is 1.93. The number of carbonyl (C=O) groups excluding carboxylic acids is 1. The first-order valence-corrected chi connectivity index (χ1v) is 10.3. The third kappa shape index (κ3) is 3.26. The molecule has 3 rings (SSSR count). The average molecular weight is 367 g/mol. The number of aromatic nitrogens is 1. The Hall–Kier alpha value is -1.64. The van der Waals surface area contributed by atoms with Crippen LogP contribution in [0.15, 0.2) is 22.4 Å². The summed E-state index contributed by atoms with van der Waals surface area (Å²) < 4.78 is 28.2. The first kappa shape index (κ1) is 17.2. The van der Waals surface area contributed by atoms with Crippen molar-refractivity contribution in [2.75, 3.05) is 13.1 Å². The van der Waals surface area contributed by atoms with E-state index < -0.39 is 10.0 Å². The summed E-state index contributed by atoms with van der Waals surface area (Å²) in [7, 11) is -3.77. The van der Waals surface area contributed by atoms with Crippen LogP contribution in [0.4, 0.5) is 0 Å². The smallest absolute Gasteiger partial charge is 0.257 e. The van der Waals surface area contributed by atoms with E-state index >= 15 is 0 Å². The number of hydrogen-bond donors (Lipinski definition) is 2. The molecular weight excluding hydrogens is 346 g/mol. The Balaban J connectivity index is 1.92. The van der Waals surface area contributed by atoms with Gasteiger partial charge < -0.3 is 9.88 Å². The lowest BCUT2D eigenvalue weighted by atomic mass is 10.2. The first-order chi connectivity index (χ1) is 11.4. The Morgan fingerprint density at radius 2 is 2.00 bits per heavy atom. The number of sulfonamides is 1. The highest BCUT2D eigenvalue weighted by Gasteiger charge is 2.32. The highest BCUT2D eigenvalue weighted by molar-refractivity contribution is 7.89. The highest BCUT2D eigenvalue weighted by atomic mass is 32.2. The molecule has 6 nitrogen and oxygen atoms in total. The molecule has 1 fully saturated rings. The van der Waals surface area contributed by atoms with Crippen molar-refractivity contribution in [1.29, 1.82) is 0 Å². The molecular formula is C16H21N3O3S2. The molecule has 0 atom stereocenters. The maximum atomic E-state index is 12.8. The fraction of sp³-hybridized carbons (Fsp3) is 0.438. The lowest BCUT2D eigenvalue weighted by Crippen LogP contribution is -2.31. The molecule has 130 valence electrons. The van der Waals surface area contributed by atoms with Crippen molar-refractivity contribution in [3.63, 3.8) is 0 Å². The Morgan fingerprint density at radius 1 is 1.29 bits per heavy atom. The van der Waals surface area contributed by atoms with Gasteiger partial charge in [0.1, 0.15) is 4.90 Å². The number of nitrogens with one attached hydrogen (secondary N) is 2. The highest BCUT2D eigenvalue weighted by Crippen LogP contribution is 2.26. The first-order valence-electron chi connectivity index (χ1n) is 7.90. The largest absolute Gasteiger partial charge is 0.361 e. The van der Waals surface area contributed by atoms with E-state index in [1.54, 1.807) is 18.7 Å². The lowest BCUT2D eigenvalue weighted by molar-refractivity contribution is 0.0788. The van der Waals surface area contributed by atoms with Gasteiger partial charge in [0.15, 0.2) is 0 Å². The number of thiophene rings is 1. The molecule has 0 bridgehead atoms. The molecule has 1 aliphatic rings. The number of aryl methyl sites for hydroxylation is 2. The van der Waals surface area contributed by atoms with E-state index in [4.69, 9.17) is 0 Å². The topological polar surface area (TPSA) is 82.3 Å². The maximum Gasteiger partial charge on any atom is 0.257 e. The summed E-state index contributed by atoms with van der Waals surface area (Å²) >= 11 is 1.49. The number of carbonyl (C=O) groups is 1. The lowest BCUT2D eigenvalue weighted by Gasteiger charge is -2.16. The standard InChI is InChI=1S/C16H21N3O3S2/c1-11-14(16(20)19-7-3-4-8-19)15(12(2)18-11)24(21,22)17-10-13-6-5-9-23-13/h5-6,9,17-18H,3-4,7-8,10H2,1-2H3. The molecule has 3 heterocycles. The average Bonchev–Trinajstić information content (AvgIpc) is 3.26. The summed E-state index contributed by atoms with van der Waals surface area (Å²) in [5.41, 5.74) is 1.36. The summed E-state index contributed by atoms with van der Waals surface area (Å²) in [5.74, 6) is -0.203. The second-order valence-corrected chi connectivity index (χ2v) is 8.72. The van der Waals surface area contributed by atoms with Crippen LogP contribution in [0.3, 0.4) is 0 Å². The number of aromatic amines is 1. The van der Waals surface area contributed by atoms with Gasteiger partial charge in [-0.05, 0) is 38.1 Å². The van der Waals surface area contributed by atoms with Crippen molar-refractivity contribution in [2.24, 2.45) is 0 Å². The quantitative estimate of drug-likeness (QED) is 0.851. The second kappa shape index (κ2) is 6.70. The summed E-state index contributed by atoms with van der Waals surface area (Å²) in [4.78, 5) is 18.5. The van der Waals surface area contributed by atoms with E-state index in [0.29, 0.717) is 24.5 Å². The minimum atomic E-state index is -3.77. The molecule has 8 heteroatoms. The van der Waals surface area contributed by atoms with Crippen molar-refractivity contribution in [3.8, 4) is 0 Å². The Labute approximate surface area is 145 Å². The molecule has 0 spiro atoms. The molecule has 1 saturated heterocycles. The molecule has 2 N–H and O–H groups in total. The van der Waals surface area contributed by atoms with Gasteiger partial charge in [0.2, 0.25) is 10.0 Å². The number of likely N-dealkylation sites (tertiary alicyclic amines) is 1. The van der Waals surface area contributed by atoms with Crippen LogP contribution in [0, 0.1) is 13.8 Å². The fourth-order valence-electron chi connectivity index (χ4n) is 3.08. The molecule has 2 aromatic heterocycles. The van der Waals surface area contributed by atoms with Gasteiger partial charge in [-0.15, -0.1) is 11.3 Å². The van der Waals surface area contributed by atoms with Crippen LogP contribution in [0.25, 0.3) is 0 Å². The number of amides is 1. The summed E-state index contributed by atoms with van der Waals surface area (Å²) in [6, 6.07) is 3.75. The molecule has 2 aromatic rings.